The van der Waals surface area contributed by atoms with Gasteiger partial charge in [0.25, 0.3) is 0 Å². The van der Waals surface area contributed by atoms with Crippen LogP contribution in [0.25, 0.3) is 0 Å². The van der Waals surface area contributed by atoms with E-state index >= 15 is 0 Å². The van der Waals surface area contributed by atoms with Crippen molar-refractivity contribution < 1.29 is 18.0 Å². The maximum Gasteiger partial charge on any atom is 0.248 e. The van der Waals surface area contributed by atoms with Gasteiger partial charge in [0.1, 0.15) is 0 Å². The monoisotopic (exact) mass is 299 g/mol. The van der Waals surface area contributed by atoms with Gasteiger partial charge >= 0.3 is 0 Å². The van der Waals surface area contributed by atoms with Crippen molar-refractivity contribution >= 4 is 33.1 Å². The summed E-state index contributed by atoms with van der Waals surface area (Å²) in [6, 6.07) is 3.48. The minimum atomic E-state index is -3.85. The molecule has 0 radical (unpaired) electrons. The molecule has 1 aromatic heterocycles. The summed E-state index contributed by atoms with van der Waals surface area (Å²) in [6.45, 7) is 0. The van der Waals surface area contributed by atoms with Crippen molar-refractivity contribution in [1.82, 2.24) is 4.31 Å². The zero-order chi connectivity index (χ0) is 13.8. The maximum atomic E-state index is 12.3. The van der Waals surface area contributed by atoms with Gasteiger partial charge in [-0.1, -0.05) is 6.07 Å². The number of hydrogen-bond acceptors (Lipinski definition) is 5. The van der Waals surface area contributed by atoms with Crippen molar-refractivity contribution in [3.05, 3.63) is 22.4 Å². The van der Waals surface area contributed by atoms with Gasteiger partial charge in [-0.25, -0.2) is 12.7 Å². The normalized spacial score (nSPS) is 29.7. The number of carbonyl (C=O) groups excluding carboxylic acids is 2. The molecule has 2 atom stereocenters. The van der Waals surface area contributed by atoms with Gasteiger partial charge < -0.3 is 0 Å². The number of carbonyl (C=O) groups is 2. The van der Waals surface area contributed by atoms with Gasteiger partial charge in [-0.3, -0.25) is 9.59 Å². The summed E-state index contributed by atoms with van der Waals surface area (Å²) in [6.07, 6.45) is 1.47. The Morgan fingerprint density at radius 3 is 2.63 bits per heavy atom. The molecule has 1 aliphatic carbocycles. The van der Waals surface area contributed by atoms with Crippen LogP contribution in [0.3, 0.4) is 0 Å². The Bertz CT molecular complexity index is 631. The van der Waals surface area contributed by atoms with Crippen LogP contribution in [0.15, 0.2) is 17.5 Å². The molecule has 3 rings (SSSR count). The number of nitrogens with zero attached hydrogens (tertiary/aromatic N) is 1. The lowest BCUT2D eigenvalue weighted by Gasteiger charge is -2.13. The minimum absolute atomic E-state index is 0.179. The second-order valence-electron chi connectivity index (χ2n) is 4.94. The molecule has 1 aromatic rings. The summed E-state index contributed by atoms with van der Waals surface area (Å²) in [5, 5.41) is 0.558. The van der Waals surface area contributed by atoms with Crippen LogP contribution in [0.2, 0.25) is 0 Å². The lowest BCUT2D eigenvalue weighted by Crippen LogP contribution is -2.34. The maximum absolute atomic E-state index is 12.3. The standard InChI is InChI=1S/C12H13NO4S2/c1-13-12(15)9(8-3-2-6-18-8)11(19(13,16)17)10(14)7-4-5-7/h2-3,6-7,9,11H,4-5H2,1H3/t9-,11+/m0/s1. The molecule has 0 aromatic carbocycles. The van der Waals surface area contributed by atoms with Crippen molar-refractivity contribution in [2.24, 2.45) is 5.92 Å². The lowest BCUT2D eigenvalue weighted by molar-refractivity contribution is -0.128. The highest BCUT2D eigenvalue weighted by Crippen LogP contribution is 2.42. The Morgan fingerprint density at radius 1 is 1.42 bits per heavy atom. The first kappa shape index (κ1) is 12.8. The van der Waals surface area contributed by atoms with Crippen LogP contribution >= 0.6 is 11.3 Å². The molecule has 1 saturated heterocycles. The van der Waals surface area contributed by atoms with Crippen molar-refractivity contribution in [3.63, 3.8) is 0 Å². The Morgan fingerprint density at radius 2 is 2.11 bits per heavy atom. The minimum Gasteiger partial charge on any atom is -0.298 e. The molecule has 102 valence electrons. The first-order valence-corrected chi connectivity index (χ1v) is 8.41. The van der Waals surface area contributed by atoms with Crippen LogP contribution < -0.4 is 0 Å². The Labute approximate surface area is 115 Å². The molecule has 0 unspecified atom stereocenters. The summed E-state index contributed by atoms with van der Waals surface area (Å²) in [4.78, 5) is 25.1. The average molecular weight is 299 g/mol. The highest BCUT2D eigenvalue weighted by atomic mass is 32.2. The highest BCUT2D eigenvalue weighted by Gasteiger charge is 2.57. The van der Waals surface area contributed by atoms with E-state index in [1.54, 1.807) is 17.5 Å². The number of hydrogen-bond donors (Lipinski definition) is 0. The third kappa shape index (κ3) is 1.83. The second kappa shape index (κ2) is 4.14. The zero-order valence-corrected chi connectivity index (χ0v) is 11.9. The number of sulfonamides is 1. The number of likely N-dealkylation sites (N-methyl/N-ethyl adjacent to an activating group) is 1. The largest absolute Gasteiger partial charge is 0.298 e. The van der Waals surface area contributed by atoms with Gasteiger partial charge in [0.15, 0.2) is 11.0 Å². The lowest BCUT2D eigenvalue weighted by atomic mass is 9.97. The van der Waals surface area contributed by atoms with E-state index < -0.39 is 27.1 Å². The summed E-state index contributed by atoms with van der Waals surface area (Å²) in [7, 11) is -2.62. The molecule has 2 heterocycles. The summed E-state index contributed by atoms with van der Waals surface area (Å²) in [5.74, 6) is -1.83. The van der Waals surface area contributed by atoms with E-state index in [0.29, 0.717) is 4.88 Å². The first-order valence-electron chi connectivity index (χ1n) is 6.03. The van der Waals surface area contributed by atoms with Crippen LogP contribution in [-0.4, -0.2) is 36.7 Å². The van der Waals surface area contributed by atoms with Gasteiger partial charge in [0, 0.05) is 17.8 Å². The number of ketones is 1. The number of rotatable bonds is 3. The van der Waals surface area contributed by atoms with Gasteiger partial charge in [-0.2, -0.15) is 0 Å². The fraction of sp³-hybridized carbons (Fsp3) is 0.500. The number of thiophene rings is 1. The molecule has 0 N–H and O–H groups in total. The fourth-order valence-corrected chi connectivity index (χ4v) is 5.18. The van der Waals surface area contributed by atoms with E-state index in [-0.39, 0.29) is 11.7 Å². The summed E-state index contributed by atoms with van der Waals surface area (Å²) in [5.41, 5.74) is 0. The van der Waals surface area contributed by atoms with Gasteiger partial charge in [-0.05, 0) is 24.3 Å². The van der Waals surface area contributed by atoms with Crippen molar-refractivity contribution in [2.45, 2.75) is 24.0 Å². The molecule has 1 amide bonds. The number of Topliss-reactive ketones (excluding diaryl/α,β-unsaturated/α-hetero) is 1. The van der Waals surface area contributed by atoms with Crippen molar-refractivity contribution in [3.8, 4) is 0 Å². The Balaban J connectivity index is 2.09. The van der Waals surface area contributed by atoms with E-state index in [4.69, 9.17) is 0 Å². The van der Waals surface area contributed by atoms with Gasteiger partial charge in [0.05, 0.1) is 5.92 Å². The SMILES string of the molecule is CN1C(=O)[C@@H](c2cccs2)[C@H](C(=O)C2CC2)S1(=O)=O. The Kier molecular flexibility index (Phi) is 2.79. The van der Waals surface area contributed by atoms with E-state index in [1.165, 1.54) is 18.4 Å². The predicted molar refractivity (Wildman–Crippen MR) is 70.3 cm³/mol. The number of amides is 1. The topological polar surface area (TPSA) is 71.5 Å². The predicted octanol–water partition coefficient (Wildman–Crippen LogP) is 0.981. The molecule has 0 spiro atoms. The van der Waals surface area contributed by atoms with E-state index in [1.807, 2.05) is 0 Å². The van der Waals surface area contributed by atoms with Crippen LogP contribution in [0, 0.1) is 5.92 Å². The quantitative estimate of drug-likeness (QED) is 0.834. The third-order valence-electron chi connectivity index (χ3n) is 3.69. The molecular formula is C12H13NO4S2. The second-order valence-corrected chi connectivity index (χ2v) is 8.01. The van der Waals surface area contributed by atoms with E-state index in [0.717, 1.165) is 17.1 Å². The molecule has 7 heteroatoms. The molecular weight excluding hydrogens is 286 g/mol. The molecule has 1 saturated carbocycles. The van der Waals surface area contributed by atoms with E-state index in [9.17, 15) is 18.0 Å². The third-order valence-corrected chi connectivity index (χ3v) is 6.74. The van der Waals surface area contributed by atoms with Crippen molar-refractivity contribution in [1.29, 1.82) is 0 Å². The molecule has 2 fully saturated rings. The van der Waals surface area contributed by atoms with Gasteiger partial charge in [0.2, 0.25) is 15.9 Å². The van der Waals surface area contributed by atoms with Crippen LogP contribution in [0.4, 0.5) is 0 Å². The van der Waals surface area contributed by atoms with Crippen LogP contribution in [-0.2, 0) is 19.6 Å². The fourth-order valence-electron chi connectivity index (χ4n) is 2.44. The summed E-state index contributed by atoms with van der Waals surface area (Å²) < 4.78 is 25.3. The van der Waals surface area contributed by atoms with Gasteiger partial charge in [-0.15, -0.1) is 11.3 Å². The molecule has 5 nitrogen and oxygen atoms in total. The summed E-state index contributed by atoms with van der Waals surface area (Å²) >= 11 is 1.32. The van der Waals surface area contributed by atoms with Crippen molar-refractivity contribution in [2.75, 3.05) is 7.05 Å². The highest BCUT2D eigenvalue weighted by molar-refractivity contribution is 7.91. The zero-order valence-electron chi connectivity index (χ0n) is 10.3. The Hall–Kier alpha value is -1.21. The molecule has 2 aliphatic rings. The molecule has 1 aliphatic heterocycles. The van der Waals surface area contributed by atoms with Crippen LogP contribution in [0.1, 0.15) is 23.6 Å². The smallest absolute Gasteiger partial charge is 0.248 e. The average Bonchev–Trinajstić information content (AvgIpc) is 3.05. The van der Waals surface area contributed by atoms with Crippen LogP contribution in [0.5, 0.6) is 0 Å². The van der Waals surface area contributed by atoms with E-state index in [2.05, 4.69) is 0 Å². The molecule has 0 bridgehead atoms. The first-order chi connectivity index (χ1) is 8.94. The molecule has 19 heavy (non-hydrogen) atoms.